The van der Waals surface area contributed by atoms with Crippen LogP contribution in [0.1, 0.15) is 15.9 Å². The molecule has 0 aliphatic carbocycles. The van der Waals surface area contributed by atoms with Gasteiger partial charge in [-0.05, 0) is 23.8 Å². The van der Waals surface area contributed by atoms with Crippen LogP contribution in [0.5, 0.6) is 0 Å². The Morgan fingerprint density at radius 2 is 1.93 bits per heavy atom. The third-order valence-electron chi connectivity index (χ3n) is 4.38. The molecule has 2 heterocycles. The summed E-state index contributed by atoms with van der Waals surface area (Å²) in [7, 11) is 0. The number of fused-ring (bicyclic) bond motifs is 1. The molecule has 0 amide bonds. The topological polar surface area (TPSA) is 90.0 Å². The molecule has 0 fully saturated rings. The zero-order valence-corrected chi connectivity index (χ0v) is 15.3. The minimum atomic E-state index is -1.49. The van der Waals surface area contributed by atoms with Gasteiger partial charge in [-0.3, -0.25) is 4.79 Å². The number of benzene rings is 2. The van der Waals surface area contributed by atoms with Crippen molar-refractivity contribution in [1.82, 2.24) is 19.3 Å². The summed E-state index contributed by atoms with van der Waals surface area (Å²) in [4.78, 5) is 27.8. The Bertz CT molecular complexity index is 1300. The molecule has 10 heteroatoms. The first-order valence-electron chi connectivity index (χ1n) is 8.24. The second-order valence-electron chi connectivity index (χ2n) is 6.19. The van der Waals surface area contributed by atoms with E-state index < -0.39 is 33.6 Å². The molecule has 2 aromatic heterocycles. The average molecular weight is 417 g/mol. The van der Waals surface area contributed by atoms with Gasteiger partial charge in [0.25, 0.3) is 0 Å². The lowest BCUT2D eigenvalue weighted by molar-refractivity contribution is 0.0695. The maximum atomic E-state index is 14.1. The Balaban J connectivity index is 1.92. The maximum Gasteiger partial charge on any atom is 0.341 e. The Hall–Kier alpha value is -3.59. The molecule has 0 aliphatic heterocycles. The molecule has 0 atom stereocenters. The molecule has 0 saturated heterocycles. The van der Waals surface area contributed by atoms with E-state index in [2.05, 4.69) is 10.1 Å². The van der Waals surface area contributed by atoms with Gasteiger partial charge in [0.2, 0.25) is 5.43 Å². The smallest absolute Gasteiger partial charge is 0.341 e. The minimum Gasteiger partial charge on any atom is -0.477 e. The quantitative estimate of drug-likeness (QED) is 0.516. The van der Waals surface area contributed by atoms with Gasteiger partial charge in [-0.15, -0.1) is 0 Å². The number of hydrogen-bond acceptors (Lipinski definition) is 4. The predicted octanol–water partition coefficient (Wildman–Crippen LogP) is 3.26. The fourth-order valence-corrected chi connectivity index (χ4v) is 3.29. The van der Waals surface area contributed by atoms with Crippen molar-refractivity contribution in [1.29, 1.82) is 0 Å². The standard InChI is InChI=1S/C19H11ClF2N4O3/c20-15-16(22)14(21)5-12-17(15)26(7-13(18(12)27)19(28)29)11-3-1-10(2-4-11)6-25-9-23-8-24-25/h1-5,7-9H,6H2,(H,28,29). The number of aromatic nitrogens is 4. The number of aromatic carboxylic acids is 1. The van der Waals surface area contributed by atoms with Gasteiger partial charge in [-0.2, -0.15) is 5.10 Å². The number of nitrogens with zero attached hydrogens (tertiary/aromatic N) is 4. The summed E-state index contributed by atoms with van der Waals surface area (Å²) in [5.74, 6) is -4.15. The van der Waals surface area contributed by atoms with E-state index in [0.29, 0.717) is 18.3 Å². The van der Waals surface area contributed by atoms with E-state index in [1.165, 1.54) is 10.9 Å². The zero-order valence-electron chi connectivity index (χ0n) is 14.5. The highest BCUT2D eigenvalue weighted by atomic mass is 35.5. The first-order valence-corrected chi connectivity index (χ1v) is 8.62. The molecule has 2 aromatic carbocycles. The van der Waals surface area contributed by atoms with Crippen molar-refractivity contribution in [3.05, 3.63) is 87.2 Å². The van der Waals surface area contributed by atoms with Crippen LogP contribution in [0.4, 0.5) is 8.78 Å². The summed E-state index contributed by atoms with van der Waals surface area (Å²) < 4.78 is 30.8. The fourth-order valence-electron chi connectivity index (χ4n) is 3.01. The summed E-state index contributed by atoms with van der Waals surface area (Å²) in [6.45, 7) is 0.451. The van der Waals surface area contributed by atoms with Crippen LogP contribution in [0.25, 0.3) is 16.6 Å². The van der Waals surface area contributed by atoms with E-state index in [4.69, 9.17) is 11.6 Å². The van der Waals surface area contributed by atoms with Crippen LogP contribution in [0, 0.1) is 11.6 Å². The van der Waals surface area contributed by atoms with E-state index in [1.807, 2.05) is 0 Å². The summed E-state index contributed by atoms with van der Waals surface area (Å²) in [6.07, 6.45) is 4.01. The number of halogens is 3. The SMILES string of the molecule is O=C(O)c1cn(-c2ccc(Cn3cncn3)cc2)c2c(Cl)c(F)c(F)cc2c1=O. The van der Waals surface area contributed by atoms with Crippen molar-refractivity contribution in [3.8, 4) is 5.69 Å². The number of pyridine rings is 1. The van der Waals surface area contributed by atoms with Gasteiger partial charge in [0, 0.05) is 11.9 Å². The number of hydrogen-bond donors (Lipinski definition) is 1. The van der Waals surface area contributed by atoms with Crippen molar-refractivity contribution in [2.75, 3.05) is 0 Å². The predicted molar refractivity (Wildman–Crippen MR) is 101 cm³/mol. The highest BCUT2D eigenvalue weighted by molar-refractivity contribution is 6.35. The van der Waals surface area contributed by atoms with Crippen molar-refractivity contribution in [2.45, 2.75) is 6.54 Å². The van der Waals surface area contributed by atoms with Crippen molar-refractivity contribution in [3.63, 3.8) is 0 Å². The van der Waals surface area contributed by atoms with Crippen LogP contribution >= 0.6 is 11.6 Å². The van der Waals surface area contributed by atoms with Crippen LogP contribution in [0.15, 0.2) is 54.0 Å². The second kappa shape index (κ2) is 7.10. The van der Waals surface area contributed by atoms with E-state index in [9.17, 15) is 23.5 Å². The fraction of sp³-hybridized carbons (Fsp3) is 0.0526. The molecule has 0 bridgehead atoms. The molecule has 7 nitrogen and oxygen atoms in total. The number of carboxylic acid groups (broad SMARTS) is 1. The average Bonchev–Trinajstić information content (AvgIpc) is 3.20. The van der Waals surface area contributed by atoms with Crippen LogP contribution in [-0.4, -0.2) is 30.4 Å². The number of carboxylic acids is 1. The van der Waals surface area contributed by atoms with Gasteiger partial charge in [0.15, 0.2) is 11.6 Å². The van der Waals surface area contributed by atoms with E-state index in [1.54, 1.807) is 35.3 Å². The van der Waals surface area contributed by atoms with E-state index in [0.717, 1.165) is 11.8 Å². The monoisotopic (exact) mass is 416 g/mol. The summed E-state index contributed by atoms with van der Waals surface area (Å²) in [5, 5.41) is 12.4. The van der Waals surface area contributed by atoms with Gasteiger partial charge in [-0.1, -0.05) is 23.7 Å². The van der Waals surface area contributed by atoms with Crippen LogP contribution in [0.3, 0.4) is 0 Å². The highest BCUT2D eigenvalue weighted by Gasteiger charge is 2.21. The molecule has 0 aliphatic rings. The van der Waals surface area contributed by atoms with E-state index >= 15 is 0 Å². The lowest BCUT2D eigenvalue weighted by Gasteiger charge is -2.15. The van der Waals surface area contributed by atoms with Crippen LogP contribution < -0.4 is 5.43 Å². The Morgan fingerprint density at radius 3 is 2.55 bits per heavy atom. The normalized spacial score (nSPS) is 11.1. The van der Waals surface area contributed by atoms with Gasteiger partial charge in [-0.25, -0.2) is 23.2 Å². The van der Waals surface area contributed by atoms with Gasteiger partial charge in [0.1, 0.15) is 23.2 Å². The first kappa shape index (κ1) is 18.8. The third kappa shape index (κ3) is 3.25. The zero-order chi connectivity index (χ0) is 20.7. The van der Waals surface area contributed by atoms with Crippen molar-refractivity contribution in [2.24, 2.45) is 0 Å². The molecule has 146 valence electrons. The summed E-state index contributed by atoms with van der Waals surface area (Å²) in [5.41, 5.74) is -0.387. The Morgan fingerprint density at radius 1 is 1.21 bits per heavy atom. The summed E-state index contributed by atoms with van der Waals surface area (Å²) in [6, 6.07) is 7.42. The molecular weight excluding hydrogens is 406 g/mol. The maximum absolute atomic E-state index is 14.1. The third-order valence-corrected chi connectivity index (χ3v) is 4.73. The molecule has 29 heavy (non-hydrogen) atoms. The molecule has 0 radical (unpaired) electrons. The summed E-state index contributed by atoms with van der Waals surface area (Å²) >= 11 is 5.98. The highest BCUT2D eigenvalue weighted by Crippen LogP contribution is 2.29. The number of carbonyl (C=O) groups is 1. The molecule has 4 aromatic rings. The second-order valence-corrected chi connectivity index (χ2v) is 6.57. The van der Waals surface area contributed by atoms with E-state index in [-0.39, 0.29) is 10.9 Å². The van der Waals surface area contributed by atoms with Crippen molar-refractivity contribution >= 4 is 28.5 Å². The molecule has 0 spiro atoms. The lowest BCUT2D eigenvalue weighted by Crippen LogP contribution is -2.19. The Labute approximate surface area is 166 Å². The first-order chi connectivity index (χ1) is 13.9. The lowest BCUT2D eigenvalue weighted by atomic mass is 10.1. The Kier molecular flexibility index (Phi) is 4.59. The van der Waals surface area contributed by atoms with Gasteiger partial charge >= 0.3 is 5.97 Å². The van der Waals surface area contributed by atoms with Gasteiger partial charge in [0.05, 0.1) is 17.4 Å². The van der Waals surface area contributed by atoms with Crippen molar-refractivity contribution < 1.29 is 18.7 Å². The molecular formula is C19H11ClF2N4O3. The molecule has 0 saturated carbocycles. The number of rotatable bonds is 4. The molecule has 4 rings (SSSR count). The largest absolute Gasteiger partial charge is 0.477 e. The minimum absolute atomic E-state index is 0.121. The molecule has 0 unspecified atom stereocenters. The van der Waals surface area contributed by atoms with Crippen LogP contribution in [0.2, 0.25) is 5.02 Å². The molecule has 1 N–H and O–H groups in total. The van der Waals surface area contributed by atoms with Gasteiger partial charge < -0.3 is 9.67 Å². The van der Waals surface area contributed by atoms with Crippen LogP contribution in [-0.2, 0) is 6.54 Å².